The Kier molecular flexibility index (Phi) is 3.27. The van der Waals surface area contributed by atoms with Gasteiger partial charge in [-0.2, -0.15) is 0 Å². The maximum absolute atomic E-state index is 4.49. The maximum atomic E-state index is 4.49. The van der Waals surface area contributed by atoms with Crippen LogP contribution in [0.1, 0.15) is 11.3 Å². The van der Waals surface area contributed by atoms with Crippen LogP contribution in [0.2, 0.25) is 0 Å². The first-order chi connectivity index (χ1) is 7.79. The average Bonchev–Trinajstić information content (AvgIpc) is 2.31. The third-order valence-corrected chi connectivity index (χ3v) is 2.38. The lowest BCUT2D eigenvalue weighted by atomic mass is 10.1. The zero-order chi connectivity index (χ0) is 11.4. The molecule has 82 valence electrons. The largest absolute Gasteiger partial charge is 0.314 e. The van der Waals surface area contributed by atoms with Crippen molar-refractivity contribution >= 4 is 0 Å². The van der Waals surface area contributed by atoms with Gasteiger partial charge in [0.2, 0.25) is 0 Å². The number of nitrogens with one attached hydrogen (secondary N) is 1. The first-order valence-electron chi connectivity index (χ1n) is 5.33. The van der Waals surface area contributed by atoms with Gasteiger partial charge in [0.25, 0.3) is 0 Å². The molecule has 0 unspecified atom stereocenters. The number of rotatable bonds is 3. The zero-order valence-electron chi connectivity index (χ0n) is 9.57. The molecule has 2 rings (SSSR count). The van der Waals surface area contributed by atoms with E-state index < -0.39 is 0 Å². The summed E-state index contributed by atoms with van der Waals surface area (Å²) in [6, 6.07) is 10.2. The summed E-state index contributed by atoms with van der Waals surface area (Å²) in [5, 5.41) is 3.08. The van der Waals surface area contributed by atoms with Gasteiger partial charge in [0, 0.05) is 18.3 Å². The van der Waals surface area contributed by atoms with Crippen molar-refractivity contribution in [3.05, 3.63) is 47.8 Å². The Balaban J connectivity index is 2.32. The highest BCUT2D eigenvalue weighted by Crippen LogP contribution is 2.15. The van der Waals surface area contributed by atoms with Gasteiger partial charge in [-0.05, 0) is 20.0 Å². The van der Waals surface area contributed by atoms with Gasteiger partial charge >= 0.3 is 0 Å². The fourth-order valence-corrected chi connectivity index (χ4v) is 1.52. The number of aromatic nitrogens is 2. The summed E-state index contributed by atoms with van der Waals surface area (Å²) < 4.78 is 0. The summed E-state index contributed by atoms with van der Waals surface area (Å²) in [6.07, 6.45) is 1.80. The first kappa shape index (κ1) is 10.8. The predicted molar refractivity (Wildman–Crippen MR) is 65.0 cm³/mol. The van der Waals surface area contributed by atoms with Gasteiger partial charge in [-0.1, -0.05) is 29.8 Å². The number of hydrogen-bond donors (Lipinski definition) is 1. The minimum Gasteiger partial charge on any atom is -0.314 e. The van der Waals surface area contributed by atoms with Crippen LogP contribution in [-0.4, -0.2) is 17.0 Å². The van der Waals surface area contributed by atoms with Crippen molar-refractivity contribution in [2.45, 2.75) is 13.5 Å². The van der Waals surface area contributed by atoms with E-state index in [1.807, 2.05) is 25.2 Å². The normalized spacial score (nSPS) is 10.4. The Bertz CT molecular complexity index is 463. The van der Waals surface area contributed by atoms with Crippen LogP contribution in [0.5, 0.6) is 0 Å². The Morgan fingerprint density at radius 2 is 1.88 bits per heavy atom. The van der Waals surface area contributed by atoms with Crippen molar-refractivity contribution in [1.82, 2.24) is 15.3 Å². The molecule has 0 saturated heterocycles. The van der Waals surface area contributed by atoms with E-state index in [0.717, 1.165) is 23.6 Å². The lowest BCUT2D eigenvalue weighted by molar-refractivity contribution is 0.788. The molecule has 0 aliphatic carbocycles. The van der Waals surface area contributed by atoms with E-state index in [2.05, 4.69) is 34.3 Å². The molecule has 3 nitrogen and oxygen atoms in total. The molecule has 0 amide bonds. The highest BCUT2D eigenvalue weighted by Gasteiger charge is 2.01. The molecule has 0 spiro atoms. The monoisotopic (exact) mass is 213 g/mol. The van der Waals surface area contributed by atoms with Crippen LogP contribution < -0.4 is 5.32 Å². The molecule has 0 bridgehead atoms. The SMILES string of the molecule is CNCc1ccnc(-c2ccc(C)cc2)n1. The molecule has 0 aliphatic rings. The van der Waals surface area contributed by atoms with Gasteiger partial charge in [-0.25, -0.2) is 9.97 Å². The van der Waals surface area contributed by atoms with E-state index in [-0.39, 0.29) is 0 Å². The second-order valence-corrected chi connectivity index (χ2v) is 3.77. The van der Waals surface area contributed by atoms with Gasteiger partial charge < -0.3 is 5.32 Å². The van der Waals surface area contributed by atoms with Crippen molar-refractivity contribution in [2.75, 3.05) is 7.05 Å². The molecule has 16 heavy (non-hydrogen) atoms. The molecule has 0 radical (unpaired) electrons. The third kappa shape index (κ3) is 2.44. The maximum Gasteiger partial charge on any atom is 0.159 e. The van der Waals surface area contributed by atoms with E-state index in [1.165, 1.54) is 5.56 Å². The van der Waals surface area contributed by atoms with Crippen molar-refractivity contribution < 1.29 is 0 Å². The van der Waals surface area contributed by atoms with Crippen LogP contribution in [0.25, 0.3) is 11.4 Å². The molecule has 2 aromatic rings. The van der Waals surface area contributed by atoms with Gasteiger partial charge in [0.1, 0.15) is 0 Å². The Labute approximate surface area is 95.6 Å². The van der Waals surface area contributed by atoms with E-state index in [9.17, 15) is 0 Å². The minimum atomic E-state index is 0.765. The molecular formula is C13H15N3. The van der Waals surface area contributed by atoms with Crippen LogP contribution in [0.15, 0.2) is 36.5 Å². The van der Waals surface area contributed by atoms with Crippen LogP contribution >= 0.6 is 0 Å². The first-order valence-corrected chi connectivity index (χ1v) is 5.33. The number of aryl methyl sites for hydroxylation is 1. The molecule has 1 aromatic heterocycles. The topological polar surface area (TPSA) is 37.8 Å². The van der Waals surface area contributed by atoms with Crippen molar-refractivity contribution in [1.29, 1.82) is 0 Å². The average molecular weight is 213 g/mol. The summed E-state index contributed by atoms with van der Waals surface area (Å²) in [6.45, 7) is 2.84. The van der Waals surface area contributed by atoms with Crippen molar-refractivity contribution in [3.8, 4) is 11.4 Å². The molecular weight excluding hydrogens is 198 g/mol. The van der Waals surface area contributed by atoms with Crippen LogP contribution in [-0.2, 0) is 6.54 Å². The van der Waals surface area contributed by atoms with E-state index in [1.54, 1.807) is 6.20 Å². The van der Waals surface area contributed by atoms with Gasteiger partial charge in [-0.15, -0.1) is 0 Å². The Morgan fingerprint density at radius 3 is 2.56 bits per heavy atom. The number of benzene rings is 1. The number of hydrogen-bond acceptors (Lipinski definition) is 3. The van der Waals surface area contributed by atoms with E-state index >= 15 is 0 Å². The van der Waals surface area contributed by atoms with Crippen LogP contribution in [0.3, 0.4) is 0 Å². The summed E-state index contributed by atoms with van der Waals surface area (Å²) in [4.78, 5) is 8.77. The van der Waals surface area contributed by atoms with Crippen LogP contribution in [0.4, 0.5) is 0 Å². The Hall–Kier alpha value is -1.74. The molecule has 1 N–H and O–H groups in total. The smallest absolute Gasteiger partial charge is 0.159 e. The minimum absolute atomic E-state index is 0.765. The fourth-order valence-electron chi connectivity index (χ4n) is 1.52. The van der Waals surface area contributed by atoms with Crippen LogP contribution in [0, 0.1) is 6.92 Å². The quantitative estimate of drug-likeness (QED) is 0.849. The van der Waals surface area contributed by atoms with Gasteiger partial charge in [0.05, 0.1) is 5.69 Å². The second kappa shape index (κ2) is 4.86. The molecule has 3 heteroatoms. The summed E-state index contributed by atoms with van der Waals surface area (Å²) in [5.41, 5.74) is 3.31. The highest BCUT2D eigenvalue weighted by atomic mass is 14.9. The lowest BCUT2D eigenvalue weighted by Crippen LogP contribution is -2.07. The van der Waals surface area contributed by atoms with Crippen molar-refractivity contribution in [3.63, 3.8) is 0 Å². The summed E-state index contributed by atoms with van der Waals surface area (Å²) in [7, 11) is 1.91. The molecule has 1 aromatic carbocycles. The summed E-state index contributed by atoms with van der Waals surface area (Å²) >= 11 is 0. The molecule has 1 heterocycles. The highest BCUT2D eigenvalue weighted by molar-refractivity contribution is 5.55. The number of nitrogens with zero attached hydrogens (tertiary/aromatic N) is 2. The van der Waals surface area contributed by atoms with E-state index in [0.29, 0.717) is 0 Å². The third-order valence-electron chi connectivity index (χ3n) is 2.38. The molecule has 0 atom stereocenters. The van der Waals surface area contributed by atoms with Gasteiger partial charge in [-0.3, -0.25) is 0 Å². The molecule has 0 aliphatic heterocycles. The summed E-state index contributed by atoms with van der Waals surface area (Å²) in [5.74, 6) is 0.785. The molecule has 0 saturated carbocycles. The fraction of sp³-hybridized carbons (Fsp3) is 0.231. The Morgan fingerprint density at radius 1 is 1.12 bits per heavy atom. The van der Waals surface area contributed by atoms with Gasteiger partial charge in [0.15, 0.2) is 5.82 Å². The predicted octanol–water partition coefficient (Wildman–Crippen LogP) is 2.17. The van der Waals surface area contributed by atoms with E-state index in [4.69, 9.17) is 0 Å². The lowest BCUT2D eigenvalue weighted by Gasteiger charge is -2.03. The zero-order valence-corrected chi connectivity index (χ0v) is 9.57. The molecule has 0 fully saturated rings. The van der Waals surface area contributed by atoms with Crippen molar-refractivity contribution in [2.24, 2.45) is 0 Å². The second-order valence-electron chi connectivity index (χ2n) is 3.77. The standard InChI is InChI=1S/C13H15N3/c1-10-3-5-11(6-4-10)13-15-8-7-12(16-13)9-14-2/h3-8,14H,9H2,1-2H3.